The van der Waals surface area contributed by atoms with Crippen LogP contribution in [0.4, 0.5) is 5.69 Å². The number of carbonyl (C=O) groups excluding carboxylic acids is 1. The quantitative estimate of drug-likeness (QED) is 0.364. The maximum Gasteiger partial charge on any atom is 0.226 e. The summed E-state index contributed by atoms with van der Waals surface area (Å²) in [5.74, 6) is -0.0529. The Hall–Kier alpha value is -4.04. The van der Waals surface area contributed by atoms with E-state index in [1.54, 1.807) is 12.4 Å². The Labute approximate surface area is 209 Å². The van der Waals surface area contributed by atoms with E-state index in [-0.39, 0.29) is 18.0 Å². The molecule has 7 nitrogen and oxygen atoms in total. The normalized spacial score (nSPS) is 17.3. The average Bonchev–Trinajstić information content (AvgIpc) is 3.47. The third-order valence-corrected chi connectivity index (χ3v) is 6.41. The SMILES string of the molecule is O=C(CCN1C(=S)N[C@H](c2ccccn2)[C@@H]1c1cccn1Cc1ccccn1)Nc1ccccc1. The molecule has 1 aromatic carbocycles. The van der Waals surface area contributed by atoms with Gasteiger partial charge in [-0.15, -0.1) is 0 Å². The van der Waals surface area contributed by atoms with Gasteiger partial charge in [-0.2, -0.15) is 0 Å². The number of carbonyl (C=O) groups is 1. The predicted molar refractivity (Wildman–Crippen MR) is 140 cm³/mol. The molecule has 8 heteroatoms. The fourth-order valence-electron chi connectivity index (χ4n) is 4.44. The Balaban J connectivity index is 1.41. The van der Waals surface area contributed by atoms with Gasteiger partial charge in [0, 0.05) is 42.9 Å². The summed E-state index contributed by atoms with van der Waals surface area (Å²) in [6, 6.07) is 25.2. The maximum atomic E-state index is 12.7. The van der Waals surface area contributed by atoms with E-state index in [2.05, 4.69) is 42.3 Å². The molecule has 4 heterocycles. The van der Waals surface area contributed by atoms with Crippen LogP contribution in [0.1, 0.15) is 35.6 Å². The molecule has 3 aromatic heterocycles. The maximum absolute atomic E-state index is 12.7. The van der Waals surface area contributed by atoms with Gasteiger partial charge in [-0.05, 0) is 60.7 Å². The number of amides is 1. The van der Waals surface area contributed by atoms with Crippen LogP contribution in [0.2, 0.25) is 0 Å². The molecular formula is C27H26N6OS. The molecule has 0 saturated carbocycles. The molecule has 1 amide bonds. The van der Waals surface area contributed by atoms with Crippen LogP contribution in [0.15, 0.2) is 97.5 Å². The minimum atomic E-state index is -0.140. The van der Waals surface area contributed by atoms with E-state index in [0.29, 0.717) is 24.6 Å². The van der Waals surface area contributed by atoms with Crippen LogP contribution in [0, 0.1) is 0 Å². The van der Waals surface area contributed by atoms with Crippen molar-refractivity contribution in [2.75, 3.05) is 11.9 Å². The van der Waals surface area contributed by atoms with Crippen molar-refractivity contribution in [3.8, 4) is 0 Å². The summed E-state index contributed by atoms with van der Waals surface area (Å²) < 4.78 is 2.19. The molecule has 176 valence electrons. The molecule has 2 N–H and O–H groups in total. The van der Waals surface area contributed by atoms with Gasteiger partial charge in [-0.1, -0.05) is 30.3 Å². The molecule has 0 bridgehead atoms. The molecule has 35 heavy (non-hydrogen) atoms. The molecule has 1 aliphatic heterocycles. The number of thiocarbonyl (C=S) groups is 1. The standard InChI is InChI=1S/C27H26N6OS/c34-24(30-20-9-2-1-3-10-20)14-18-33-26(25(31-27(33)35)22-12-5-7-16-29-22)23-13-8-17-32(23)19-21-11-4-6-15-28-21/h1-13,15-17,25-26H,14,18-19H2,(H,30,34)(H,31,35)/t25-,26+/m1/s1. The molecule has 4 aromatic rings. The third kappa shape index (κ3) is 5.22. The van der Waals surface area contributed by atoms with E-state index in [1.807, 2.05) is 72.8 Å². The lowest BCUT2D eigenvalue weighted by Crippen LogP contribution is -2.33. The van der Waals surface area contributed by atoms with Crippen molar-refractivity contribution in [1.29, 1.82) is 0 Å². The number of para-hydroxylation sites is 1. The van der Waals surface area contributed by atoms with Crippen molar-refractivity contribution >= 4 is 28.9 Å². The van der Waals surface area contributed by atoms with Gasteiger partial charge in [-0.3, -0.25) is 14.8 Å². The Morgan fingerprint density at radius 1 is 0.943 bits per heavy atom. The van der Waals surface area contributed by atoms with E-state index in [4.69, 9.17) is 12.2 Å². The monoisotopic (exact) mass is 482 g/mol. The minimum Gasteiger partial charge on any atom is -0.352 e. The second-order valence-electron chi connectivity index (χ2n) is 8.37. The molecule has 1 saturated heterocycles. The van der Waals surface area contributed by atoms with Crippen molar-refractivity contribution in [2.45, 2.75) is 25.0 Å². The Morgan fingerprint density at radius 2 is 1.71 bits per heavy atom. The van der Waals surface area contributed by atoms with E-state index < -0.39 is 0 Å². The summed E-state index contributed by atoms with van der Waals surface area (Å²) in [6.45, 7) is 1.12. The van der Waals surface area contributed by atoms with Gasteiger partial charge < -0.3 is 20.1 Å². The van der Waals surface area contributed by atoms with Gasteiger partial charge in [-0.25, -0.2) is 0 Å². The topological polar surface area (TPSA) is 75.1 Å². The molecule has 5 rings (SSSR count). The second kappa shape index (κ2) is 10.5. The number of aromatic nitrogens is 3. The molecule has 0 spiro atoms. The van der Waals surface area contributed by atoms with Crippen molar-refractivity contribution in [3.63, 3.8) is 0 Å². The van der Waals surface area contributed by atoms with Gasteiger partial charge in [0.2, 0.25) is 5.91 Å². The van der Waals surface area contributed by atoms with Gasteiger partial charge >= 0.3 is 0 Å². The summed E-state index contributed by atoms with van der Waals surface area (Å²) in [4.78, 5) is 23.9. The highest BCUT2D eigenvalue weighted by Crippen LogP contribution is 2.39. The fourth-order valence-corrected chi connectivity index (χ4v) is 4.77. The summed E-state index contributed by atoms with van der Waals surface area (Å²) in [6.07, 6.45) is 5.96. The van der Waals surface area contributed by atoms with Crippen molar-refractivity contribution in [2.24, 2.45) is 0 Å². The first-order valence-electron chi connectivity index (χ1n) is 11.6. The number of benzene rings is 1. The van der Waals surface area contributed by atoms with E-state index in [1.165, 1.54) is 0 Å². The largest absolute Gasteiger partial charge is 0.352 e. The first-order valence-corrected chi connectivity index (χ1v) is 12.0. The zero-order valence-electron chi connectivity index (χ0n) is 19.1. The number of rotatable bonds is 8. The van der Waals surface area contributed by atoms with Crippen LogP contribution in [-0.2, 0) is 11.3 Å². The number of hydrogen-bond donors (Lipinski definition) is 2. The van der Waals surface area contributed by atoms with Gasteiger partial charge in [0.1, 0.15) is 0 Å². The molecule has 1 fully saturated rings. The molecule has 0 aliphatic carbocycles. The highest BCUT2D eigenvalue weighted by atomic mass is 32.1. The zero-order valence-corrected chi connectivity index (χ0v) is 19.9. The first-order chi connectivity index (χ1) is 17.2. The number of nitrogens with zero attached hydrogens (tertiary/aromatic N) is 4. The van der Waals surface area contributed by atoms with Gasteiger partial charge in [0.25, 0.3) is 0 Å². The molecule has 0 radical (unpaired) electrons. The second-order valence-corrected chi connectivity index (χ2v) is 8.75. The minimum absolute atomic E-state index is 0.0529. The van der Waals surface area contributed by atoms with E-state index in [0.717, 1.165) is 22.8 Å². The van der Waals surface area contributed by atoms with Crippen LogP contribution >= 0.6 is 12.2 Å². The Morgan fingerprint density at radius 3 is 2.46 bits per heavy atom. The molecule has 1 aliphatic rings. The lowest BCUT2D eigenvalue weighted by molar-refractivity contribution is -0.116. The number of hydrogen-bond acceptors (Lipinski definition) is 4. The van der Waals surface area contributed by atoms with E-state index >= 15 is 0 Å². The Bertz CT molecular complexity index is 1280. The highest BCUT2D eigenvalue weighted by molar-refractivity contribution is 7.80. The fraction of sp³-hybridized carbons (Fsp3) is 0.185. The van der Waals surface area contributed by atoms with E-state index in [9.17, 15) is 4.79 Å². The predicted octanol–water partition coefficient (Wildman–Crippen LogP) is 4.33. The number of nitrogens with one attached hydrogen (secondary N) is 2. The summed E-state index contributed by atoms with van der Waals surface area (Å²) in [5, 5.41) is 7.03. The van der Waals surface area contributed by atoms with Crippen LogP contribution in [-0.4, -0.2) is 37.0 Å². The van der Waals surface area contributed by atoms with Crippen LogP contribution < -0.4 is 10.6 Å². The van der Waals surface area contributed by atoms with Gasteiger partial charge in [0.15, 0.2) is 5.11 Å². The molecule has 2 atom stereocenters. The van der Waals surface area contributed by atoms with Crippen LogP contribution in [0.3, 0.4) is 0 Å². The smallest absolute Gasteiger partial charge is 0.226 e. The lowest BCUT2D eigenvalue weighted by Gasteiger charge is -2.28. The molecular weight excluding hydrogens is 456 g/mol. The number of anilines is 1. The van der Waals surface area contributed by atoms with Crippen LogP contribution in [0.25, 0.3) is 0 Å². The summed E-state index contributed by atoms with van der Waals surface area (Å²) in [5.41, 5.74) is 3.75. The zero-order chi connectivity index (χ0) is 24.0. The van der Waals surface area contributed by atoms with Crippen molar-refractivity contribution in [3.05, 3.63) is 115 Å². The lowest BCUT2D eigenvalue weighted by atomic mass is 10.0. The Kier molecular flexibility index (Phi) is 6.81. The van der Waals surface area contributed by atoms with Crippen LogP contribution in [0.5, 0.6) is 0 Å². The summed E-state index contributed by atoms with van der Waals surface area (Å²) >= 11 is 5.76. The van der Waals surface area contributed by atoms with Crippen molar-refractivity contribution < 1.29 is 4.79 Å². The third-order valence-electron chi connectivity index (χ3n) is 6.06. The first kappa shape index (κ1) is 22.7. The average molecular weight is 483 g/mol. The number of pyridine rings is 2. The molecule has 0 unspecified atom stereocenters. The highest BCUT2D eigenvalue weighted by Gasteiger charge is 2.41. The van der Waals surface area contributed by atoms with Gasteiger partial charge in [0.05, 0.1) is 30.0 Å². The summed E-state index contributed by atoms with van der Waals surface area (Å²) in [7, 11) is 0. The van der Waals surface area contributed by atoms with Crippen molar-refractivity contribution in [1.82, 2.24) is 24.8 Å².